The minimum absolute atomic E-state index is 0.217. The molecule has 9 heteroatoms. The van der Waals surface area contributed by atoms with Crippen molar-refractivity contribution in [3.05, 3.63) is 38.7 Å². The second-order valence-corrected chi connectivity index (χ2v) is 6.49. The number of halogens is 2. The molecule has 6 nitrogen and oxygen atoms in total. The van der Waals surface area contributed by atoms with Crippen LogP contribution < -0.4 is 10.4 Å². The lowest BCUT2D eigenvalue weighted by molar-refractivity contribution is 0.189. The van der Waals surface area contributed by atoms with Gasteiger partial charge in [-0.2, -0.15) is 0 Å². The quantitative estimate of drug-likeness (QED) is 0.537. The number of nitrogens with zero attached hydrogens (tertiary/aromatic N) is 2. The number of aromatic amines is 1. The van der Waals surface area contributed by atoms with E-state index < -0.39 is 0 Å². The highest BCUT2D eigenvalue weighted by molar-refractivity contribution is 7.99. The van der Waals surface area contributed by atoms with Crippen molar-refractivity contribution in [1.82, 2.24) is 14.8 Å². The third kappa shape index (κ3) is 5.46. The Morgan fingerprint density at radius 3 is 2.91 bits per heavy atom. The molecule has 23 heavy (non-hydrogen) atoms. The van der Waals surface area contributed by atoms with E-state index in [2.05, 4.69) is 10.2 Å². The number of methoxy groups -OCH3 is 1. The number of nitrogens with one attached hydrogen (secondary N) is 1. The molecule has 0 bridgehead atoms. The van der Waals surface area contributed by atoms with Gasteiger partial charge < -0.3 is 9.47 Å². The molecule has 0 aliphatic rings. The van der Waals surface area contributed by atoms with E-state index in [0.717, 1.165) is 6.42 Å². The molecule has 126 valence electrons. The van der Waals surface area contributed by atoms with Gasteiger partial charge in [0.05, 0.1) is 11.6 Å². The predicted molar refractivity (Wildman–Crippen MR) is 92.0 cm³/mol. The van der Waals surface area contributed by atoms with Crippen LogP contribution in [-0.4, -0.2) is 40.8 Å². The van der Waals surface area contributed by atoms with Gasteiger partial charge in [-0.05, 0) is 24.6 Å². The summed E-state index contributed by atoms with van der Waals surface area (Å²) in [5.41, 5.74) is -0.217. The molecular weight excluding hydrogens is 361 g/mol. The summed E-state index contributed by atoms with van der Waals surface area (Å²) in [6.07, 6.45) is 0.750. The first-order chi connectivity index (χ1) is 11.1. The van der Waals surface area contributed by atoms with Crippen molar-refractivity contribution < 1.29 is 9.47 Å². The van der Waals surface area contributed by atoms with Gasteiger partial charge in [-0.25, -0.2) is 9.89 Å². The highest BCUT2D eigenvalue weighted by Crippen LogP contribution is 2.27. The molecular formula is C14H17Cl2N3O3S. The Bertz CT molecular complexity index is 690. The summed E-state index contributed by atoms with van der Waals surface area (Å²) in [5, 5.41) is 8.14. The third-order valence-electron chi connectivity index (χ3n) is 2.92. The minimum Gasteiger partial charge on any atom is -0.491 e. The van der Waals surface area contributed by atoms with Crippen LogP contribution in [-0.2, 0) is 11.3 Å². The first kappa shape index (κ1) is 18.2. The Balaban J connectivity index is 1.83. The number of rotatable bonds is 9. The molecule has 1 N–H and O–H groups in total. The molecule has 1 aromatic carbocycles. The summed E-state index contributed by atoms with van der Waals surface area (Å²) in [6.45, 7) is 1.60. The number of aromatic nitrogens is 3. The Labute approximate surface area is 148 Å². The molecule has 0 spiro atoms. The van der Waals surface area contributed by atoms with Crippen LogP contribution in [0.3, 0.4) is 0 Å². The molecule has 0 fully saturated rings. The van der Waals surface area contributed by atoms with Crippen LogP contribution >= 0.6 is 35.0 Å². The molecule has 0 radical (unpaired) electrons. The maximum Gasteiger partial charge on any atom is 0.343 e. The predicted octanol–water partition coefficient (Wildman–Crippen LogP) is 3.09. The van der Waals surface area contributed by atoms with Crippen molar-refractivity contribution in [3.63, 3.8) is 0 Å². The van der Waals surface area contributed by atoms with Crippen LogP contribution in [0.5, 0.6) is 5.75 Å². The zero-order valence-electron chi connectivity index (χ0n) is 12.6. The lowest BCUT2D eigenvalue weighted by Crippen LogP contribution is -2.18. The van der Waals surface area contributed by atoms with Crippen LogP contribution in [0.4, 0.5) is 0 Å². The molecule has 0 unspecified atom stereocenters. The lowest BCUT2D eigenvalue weighted by Gasteiger charge is -2.08. The lowest BCUT2D eigenvalue weighted by atomic mass is 10.3. The molecule has 2 rings (SSSR count). The molecule has 0 atom stereocenters. The van der Waals surface area contributed by atoms with Gasteiger partial charge in [0.2, 0.25) is 0 Å². The van der Waals surface area contributed by atoms with Crippen molar-refractivity contribution in [3.8, 4) is 5.75 Å². The van der Waals surface area contributed by atoms with Gasteiger partial charge in [0.1, 0.15) is 5.75 Å². The highest BCUT2D eigenvalue weighted by atomic mass is 35.5. The van der Waals surface area contributed by atoms with E-state index in [1.165, 1.54) is 11.8 Å². The van der Waals surface area contributed by atoms with Crippen LogP contribution in [0.1, 0.15) is 6.42 Å². The third-order valence-corrected chi connectivity index (χ3v) is 4.39. The zero-order valence-corrected chi connectivity index (χ0v) is 14.9. The topological polar surface area (TPSA) is 69.1 Å². The number of benzene rings is 1. The number of hydrogen-bond donors (Lipinski definition) is 1. The van der Waals surface area contributed by atoms with E-state index in [0.29, 0.717) is 46.5 Å². The van der Waals surface area contributed by atoms with Gasteiger partial charge in [0, 0.05) is 31.0 Å². The smallest absolute Gasteiger partial charge is 0.343 e. The maximum absolute atomic E-state index is 11.7. The van der Waals surface area contributed by atoms with Gasteiger partial charge in [-0.15, -0.1) is 5.10 Å². The van der Waals surface area contributed by atoms with Gasteiger partial charge in [0.25, 0.3) is 0 Å². The highest BCUT2D eigenvalue weighted by Gasteiger charge is 2.09. The second kappa shape index (κ2) is 9.22. The second-order valence-electron chi connectivity index (χ2n) is 4.58. The minimum atomic E-state index is -0.217. The number of thioether (sulfide) groups is 1. The van der Waals surface area contributed by atoms with Crippen LogP contribution in [0, 0.1) is 0 Å². The van der Waals surface area contributed by atoms with E-state index >= 15 is 0 Å². The van der Waals surface area contributed by atoms with E-state index in [9.17, 15) is 4.79 Å². The maximum atomic E-state index is 11.7. The number of H-pyrrole nitrogens is 1. The molecule has 0 aliphatic heterocycles. The van der Waals surface area contributed by atoms with E-state index in [1.54, 1.807) is 29.9 Å². The molecule has 0 saturated carbocycles. The van der Waals surface area contributed by atoms with Crippen molar-refractivity contribution in [2.24, 2.45) is 0 Å². The largest absolute Gasteiger partial charge is 0.491 e. The molecule has 0 aliphatic carbocycles. The Kier molecular flexibility index (Phi) is 7.29. The Morgan fingerprint density at radius 2 is 2.17 bits per heavy atom. The van der Waals surface area contributed by atoms with Gasteiger partial charge in [-0.1, -0.05) is 35.0 Å². The summed E-state index contributed by atoms with van der Waals surface area (Å²) in [6, 6.07) is 5.08. The van der Waals surface area contributed by atoms with E-state index in [4.69, 9.17) is 32.7 Å². The normalized spacial score (nSPS) is 10.9. The Hall–Kier alpha value is -1.15. The summed E-state index contributed by atoms with van der Waals surface area (Å²) in [4.78, 5) is 11.7. The SMILES string of the molecule is COCCCn1c(SCCOc2ccc(Cl)cc2Cl)n[nH]c1=O. The summed E-state index contributed by atoms with van der Waals surface area (Å²) in [7, 11) is 1.63. The fourth-order valence-corrected chi connectivity index (χ4v) is 3.11. The number of hydrogen-bond acceptors (Lipinski definition) is 5. The van der Waals surface area contributed by atoms with Crippen molar-refractivity contribution >= 4 is 35.0 Å². The molecule has 2 aromatic rings. The first-order valence-corrected chi connectivity index (χ1v) is 8.70. The van der Waals surface area contributed by atoms with Crippen LogP contribution in [0.15, 0.2) is 28.2 Å². The fraction of sp³-hybridized carbons (Fsp3) is 0.429. The van der Waals surface area contributed by atoms with Gasteiger partial charge in [-0.3, -0.25) is 4.57 Å². The Morgan fingerprint density at radius 1 is 1.35 bits per heavy atom. The summed E-state index contributed by atoms with van der Waals surface area (Å²) >= 11 is 13.3. The average Bonchev–Trinajstić information content (AvgIpc) is 2.86. The van der Waals surface area contributed by atoms with Crippen molar-refractivity contribution in [2.75, 3.05) is 26.1 Å². The zero-order chi connectivity index (χ0) is 16.7. The molecule has 0 amide bonds. The van der Waals surface area contributed by atoms with E-state index in [-0.39, 0.29) is 5.69 Å². The average molecular weight is 378 g/mol. The van der Waals surface area contributed by atoms with Crippen molar-refractivity contribution in [1.29, 1.82) is 0 Å². The van der Waals surface area contributed by atoms with Gasteiger partial charge in [0.15, 0.2) is 5.16 Å². The monoisotopic (exact) mass is 377 g/mol. The summed E-state index contributed by atoms with van der Waals surface area (Å²) < 4.78 is 12.2. The van der Waals surface area contributed by atoms with Gasteiger partial charge >= 0.3 is 5.69 Å². The van der Waals surface area contributed by atoms with Crippen LogP contribution in [0.25, 0.3) is 0 Å². The van der Waals surface area contributed by atoms with Crippen LogP contribution in [0.2, 0.25) is 10.0 Å². The standard InChI is InChI=1S/C14H17Cl2N3O3S/c1-21-6-2-5-19-13(20)17-18-14(19)23-8-7-22-12-4-3-10(15)9-11(12)16/h3-4,9H,2,5-8H2,1H3,(H,17,20). The first-order valence-electron chi connectivity index (χ1n) is 6.96. The van der Waals surface area contributed by atoms with Crippen molar-refractivity contribution in [2.45, 2.75) is 18.1 Å². The summed E-state index contributed by atoms with van der Waals surface area (Å²) in [5.74, 6) is 1.21. The number of ether oxygens (including phenoxy) is 2. The fourth-order valence-electron chi connectivity index (χ4n) is 1.85. The van der Waals surface area contributed by atoms with E-state index in [1.807, 2.05) is 0 Å². The molecule has 1 aromatic heterocycles. The molecule has 0 saturated heterocycles. The molecule has 1 heterocycles.